The Balaban J connectivity index is 2.39. The minimum absolute atomic E-state index is 0.0208. The number of nitrogens with zero attached hydrogens (tertiary/aromatic N) is 3. The Kier molecular flexibility index (Phi) is 3.38. The maximum Gasteiger partial charge on any atom is 0.276 e. The van der Waals surface area contributed by atoms with Crippen LogP contribution in [0.1, 0.15) is 5.56 Å². The van der Waals surface area contributed by atoms with Gasteiger partial charge in [0.05, 0.1) is 10.5 Å². The quantitative estimate of drug-likeness (QED) is 0.629. The second kappa shape index (κ2) is 4.97. The van der Waals surface area contributed by atoms with Crippen molar-refractivity contribution in [1.29, 1.82) is 0 Å². The van der Waals surface area contributed by atoms with Gasteiger partial charge in [0, 0.05) is 18.5 Å². The van der Waals surface area contributed by atoms with E-state index < -0.39 is 4.92 Å². The zero-order valence-corrected chi connectivity index (χ0v) is 10.1. The zero-order chi connectivity index (χ0) is 13.1. The molecular formula is C11H8ClN3O3. The Morgan fingerprint density at radius 2 is 2.06 bits per heavy atom. The summed E-state index contributed by atoms with van der Waals surface area (Å²) in [6.07, 6.45) is 2.85. The van der Waals surface area contributed by atoms with Crippen molar-refractivity contribution in [3.63, 3.8) is 0 Å². The van der Waals surface area contributed by atoms with Gasteiger partial charge < -0.3 is 4.74 Å². The smallest absolute Gasteiger partial charge is 0.276 e. The van der Waals surface area contributed by atoms with Gasteiger partial charge in [-0.05, 0) is 13.0 Å². The van der Waals surface area contributed by atoms with E-state index in [2.05, 4.69) is 9.97 Å². The van der Waals surface area contributed by atoms with E-state index in [0.717, 1.165) is 0 Å². The van der Waals surface area contributed by atoms with Gasteiger partial charge in [-0.2, -0.15) is 0 Å². The second-order valence-corrected chi connectivity index (χ2v) is 3.77. The van der Waals surface area contributed by atoms with Gasteiger partial charge in [0.15, 0.2) is 5.15 Å². The number of nitro groups is 1. The molecule has 2 rings (SSSR count). The van der Waals surface area contributed by atoms with Crippen LogP contribution >= 0.6 is 11.6 Å². The number of benzene rings is 1. The van der Waals surface area contributed by atoms with E-state index in [1.807, 2.05) is 0 Å². The molecule has 0 spiro atoms. The molecule has 0 amide bonds. The highest BCUT2D eigenvalue weighted by atomic mass is 35.5. The normalized spacial score (nSPS) is 10.1. The predicted octanol–water partition coefficient (Wildman–Crippen LogP) is 3.14. The molecule has 0 atom stereocenters. The van der Waals surface area contributed by atoms with Gasteiger partial charge in [-0.15, -0.1) is 0 Å². The van der Waals surface area contributed by atoms with Gasteiger partial charge in [-0.1, -0.05) is 17.7 Å². The van der Waals surface area contributed by atoms with E-state index in [1.54, 1.807) is 13.0 Å². The fraction of sp³-hybridized carbons (Fsp3) is 0.0909. The van der Waals surface area contributed by atoms with E-state index in [0.29, 0.717) is 11.3 Å². The summed E-state index contributed by atoms with van der Waals surface area (Å²) >= 11 is 5.80. The van der Waals surface area contributed by atoms with Crippen molar-refractivity contribution < 1.29 is 9.66 Å². The van der Waals surface area contributed by atoms with Crippen LogP contribution in [0.4, 0.5) is 5.69 Å². The van der Waals surface area contributed by atoms with Gasteiger partial charge in [0.25, 0.3) is 11.6 Å². The number of halogens is 1. The Bertz CT molecular complexity index is 604. The molecule has 0 unspecified atom stereocenters. The fourth-order valence-corrected chi connectivity index (χ4v) is 1.54. The third kappa shape index (κ3) is 2.38. The molecule has 2 aromatic rings. The molecule has 18 heavy (non-hydrogen) atoms. The molecule has 0 aliphatic heterocycles. The van der Waals surface area contributed by atoms with Crippen LogP contribution in [-0.2, 0) is 0 Å². The lowest BCUT2D eigenvalue weighted by Crippen LogP contribution is -1.96. The van der Waals surface area contributed by atoms with Crippen molar-refractivity contribution in [2.75, 3.05) is 0 Å². The van der Waals surface area contributed by atoms with Crippen LogP contribution in [-0.4, -0.2) is 14.9 Å². The lowest BCUT2D eigenvalue weighted by molar-refractivity contribution is -0.385. The molecule has 1 aromatic carbocycles. The average Bonchev–Trinajstić information content (AvgIpc) is 2.34. The van der Waals surface area contributed by atoms with Crippen LogP contribution in [0.3, 0.4) is 0 Å². The molecule has 7 heteroatoms. The minimum atomic E-state index is -0.472. The first kappa shape index (κ1) is 12.3. The molecule has 6 nitrogen and oxygen atoms in total. The molecule has 0 N–H and O–H groups in total. The third-order valence-corrected chi connectivity index (χ3v) is 2.54. The maximum absolute atomic E-state index is 10.8. The zero-order valence-electron chi connectivity index (χ0n) is 9.33. The van der Waals surface area contributed by atoms with Crippen molar-refractivity contribution in [2.24, 2.45) is 0 Å². The van der Waals surface area contributed by atoms with Gasteiger partial charge >= 0.3 is 0 Å². The number of aromatic nitrogens is 2. The summed E-state index contributed by atoms with van der Waals surface area (Å²) in [5.41, 5.74) is 0.386. The monoisotopic (exact) mass is 265 g/mol. The van der Waals surface area contributed by atoms with Crippen molar-refractivity contribution in [3.05, 3.63) is 51.4 Å². The number of nitro benzene ring substituents is 1. The highest BCUT2D eigenvalue weighted by molar-refractivity contribution is 6.30. The number of rotatable bonds is 3. The second-order valence-electron chi connectivity index (χ2n) is 3.41. The van der Waals surface area contributed by atoms with E-state index in [9.17, 15) is 10.1 Å². The summed E-state index contributed by atoms with van der Waals surface area (Å²) in [5.74, 6) is 0.439. The molecule has 0 bridgehead atoms. The van der Waals surface area contributed by atoms with Gasteiger partial charge in [0.1, 0.15) is 5.75 Å². The molecular weight excluding hydrogens is 258 g/mol. The van der Waals surface area contributed by atoms with E-state index >= 15 is 0 Å². The summed E-state index contributed by atoms with van der Waals surface area (Å²) in [7, 11) is 0. The van der Waals surface area contributed by atoms with Crippen LogP contribution < -0.4 is 4.74 Å². The summed E-state index contributed by atoms with van der Waals surface area (Å²) < 4.78 is 5.42. The number of hydrogen-bond donors (Lipinski definition) is 0. The summed E-state index contributed by atoms with van der Waals surface area (Å²) in [6, 6.07) is 4.54. The lowest BCUT2D eigenvalue weighted by Gasteiger charge is -2.08. The standard InChI is InChI=1S/C11H8ClN3O3/c1-7-8(15(16)17)3-2-4-9(7)18-11-10(12)13-5-6-14-11/h2-6H,1H3. The van der Waals surface area contributed by atoms with Crippen LogP contribution in [0.15, 0.2) is 30.6 Å². The lowest BCUT2D eigenvalue weighted by atomic mass is 10.2. The Morgan fingerprint density at radius 3 is 2.72 bits per heavy atom. The van der Waals surface area contributed by atoms with E-state index in [4.69, 9.17) is 16.3 Å². The highest BCUT2D eigenvalue weighted by Gasteiger charge is 2.16. The molecule has 0 saturated heterocycles. The SMILES string of the molecule is Cc1c(Oc2nccnc2Cl)cccc1[N+](=O)[O-]. The summed E-state index contributed by atoms with van der Waals surface area (Å²) in [4.78, 5) is 18.0. The van der Waals surface area contributed by atoms with Crippen LogP contribution in [0, 0.1) is 17.0 Å². The molecule has 1 aromatic heterocycles. The summed E-state index contributed by atoms with van der Waals surface area (Å²) in [6.45, 7) is 1.59. The summed E-state index contributed by atoms with van der Waals surface area (Å²) in [5, 5.41) is 10.9. The first-order chi connectivity index (χ1) is 8.59. The molecule has 0 fully saturated rings. The first-order valence-electron chi connectivity index (χ1n) is 4.98. The molecule has 0 aliphatic rings. The molecule has 1 heterocycles. The average molecular weight is 266 g/mol. The van der Waals surface area contributed by atoms with E-state index in [1.165, 1.54) is 24.5 Å². The van der Waals surface area contributed by atoms with Gasteiger partial charge in [-0.25, -0.2) is 9.97 Å². The van der Waals surface area contributed by atoms with Crippen molar-refractivity contribution in [1.82, 2.24) is 9.97 Å². The Hall–Kier alpha value is -2.21. The van der Waals surface area contributed by atoms with Gasteiger partial charge in [0.2, 0.25) is 0 Å². The maximum atomic E-state index is 10.8. The van der Waals surface area contributed by atoms with Gasteiger partial charge in [-0.3, -0.25) is 10.1 Å². The van der Waals surface area contributed by atoms with Crippen LogP contribution in [0.25, 0.3) is 0 Å². The number of ether oxygens (including phenoxy) is 1. The molecule has 92 valence electrons. The Morgan fingerprint density at radius 1 is 1.33 bits per heavy atom. The van der Waals surface area contributed by atoms with E-state index in [-0.39, 0.29) is 16.7 Å². The largest absolute Gasteiger partial charge is 0.436 e. The van der Waals surface area contributed by atoms with Crippen molar-refractivity contribution >= 4 is 17.3 Å². The number of hydrogen-bond acceptors (Lipinski definition) is 5. The molecule has 0 radical (unpaired) electrons. The van der Waals surface area contributed by atoms with Crippen LogP contribution in [0.2, 0.25) is 5.15 Å². The first-order valence-corrected chi connectivity index (χ1v) is 5.35. The predicted molar refractivity (Wildman–Crippen MR) is 64.9 cm³/mol. The minimum Gasteiger partial charge on any atom is -0.436 e. The topological polar surface area (TPSA) is 78.2 Å². The van der Waals surface area contributed by atoms with Crippen molar-refractivity contribution in [2.45, 2.75) is 6.92 Å². The molecule has 0 aliphatic carbocycles. The molecule has 0 saturated carbocycles. The third-order valence-electron chi connectivity index (χ3n) is 2.28. The fourth-order valence-electron chi connectivity index (χ4n) is 1.39. The van der Waals surface area contributed by atoms with Crippen molar-refractivity contribution in [3.8, 4) is 11.6 Å². The Labute approximate surface area is 107 Å². The highest BCUT2D eigenvalue weighted by Crippen LogP contribution is 2.31. The van der Waals surface area contributed by atoms with Crippen LogP contribution in [0.5, 0.6) is 11.6 Å².